The van der Waals surface area contributed by atoms with Gasteiger partial charge in [-0.05, 0) is 13.8 Å². The molecule has 0 radical (unpaired) electrons. The van der Waals surface area contributed by atoms with Crippen molar-refractivity contribution in [2.75, 3.05) is 6.61 Å². The highest BCUT2D eigenvalue weighted by atomic mass is 16.8. The summed E-state index contributed by atoms with van der Waals surface area (Å²) in [6.45, 7) is 3.37. The molecule has 0 aromatic carbocycles. The van der Waals surface area contributed by atoms with Gasteiger partial charge in [0.05, 0.1) is 6.61 Å². The van der Waals surface area contributed by atoms with E-state index in [-0.39, 0.29) is 12.7 Å². The molecule has 5 nitrogen and oxygen atoms in total. The largest absolute Gasteiger partial charge is 0.394 e. The van der Waals surface area contributed by atoms with Gasteiger partial charge in [0.2, 0.25) is 0 Å². The lowest BCUT2D eigenvalue weighted by Crippen LogP contribution is -2.31. The molecule has 2 saturated heterocycles. The standard InChI is InChI=1S/C8H14O5/c1-8(2)12-5-4(3-9)11-7(10)6(5)13-8/h4-7,9-10H,3H2,1-2H3/t4?,5?,6?,7-/m1/s1. The maximum absolute atomic E-state index is 9.39. The van der Waals surface area contributed by atoms with Gasteiger partial charge in [-0.2, -0.15) is 0 Å². The molecule has 2 aliphatic rings. The van der Waals surface area contributed by atoms with Crippen LogP contribution in [0.4, 0.5) is 0 Å². The lowest BCUT2D eigenvalue weighted by Gasteiger charge is -2.21. The van der Waals surface area contributed by atoms with E-state index in [0.717, 1.165) is 0 Å². The molecule has 0 aliphatic carbocycles. The van der Waals surface area contributed by atoms with Gasteiger partial charge in [0.1, 0.15) is 18.3 Å². The van der Waals surface area contributed by atoms with Gasteiger partial charge in [0.15, 0.2) is 12.1 Å². The third-order valence-corrected chi connectivity index (χ3v) is 2.31. The molecule has 0 aromatic heterocycles. The lowest BCUT2D eigenvalue weighted by molar-refractivity contribution is -0.223. The van der Waals surface area contributed by atoms with Crippen molar-refractivity contribution in [3.63, 3.8) is 0 Å². The Morgan fingerprint density at radius 2 is 1.85 bits per heavy atom. The Morgan fingerprint density at radius 3 is 2.46 bits per heavy atom. The van der Waals surface area contributed by atoms with Crippen LogP contribution in [-0.2, 0) is 14.2 Å². The smallest absolute Gasteiger partial charge is 0.184 e. The molecule has 0 amide bonds. The summed E-state index contributed by atoms with van der Waals surface area (Å²) in [5.74, 6) is -0.701. The van der Waals surface area contributed by atoms with Crippen LogP contribution >= 0.6 is 0 Å². The van der Waals surface area contributed by atoms with E-state index in [1.807, 2.05) is 0 Å². The zero-order valence-corrected chi connectivity index (χ0v) is 7.64. The lowest BCUT2D eigenvalue weighted by atomic mass is 10.1. The minimum atomic E-state index is -0.996. The van der Waals surface area contributed by atoms with E-state index < -0.39 is 24.3 Å². The highest BCUT2D eigenvalue weighted by Gasteiger charge is 2.54. The Bertz CT molecular complexity index is 205. The fourth-order valence-electron chi connectivity index (χ4n) is 1.81. The number of hydrogen-bond acceptors (Lipinski definition) is 5. The first kappa shape index (κ1) is 9.36. The fraction of sp³-hybridized carbons (Fsp3) is 1.00. The molecule has 2 N–H and O–H groups in total. The Labute approximate surface area is 76.2 Å². The summed E-state index contributed by atoms with van der Waals surface area (Å²) in [5, 5.41) is 18.3. The predicted molar refractivity (Wildman–Crippen MR) is 41.8 cm³/mol. The zero-order valence-electron chi connectivity index (χ0n) is 7.64. The molecule has 0 bridgehead atoms. The first-order chi connectivity index (χ1) is 6.03. The molecular weight excluding hydrogens is 176 g/mol. The zero-order chi connectivity index (χ0) is 9.64. The third-order valence-electron chi connectivity index (χ3n) is 2.31. The molecule has 4 atom stereocenters. The second kappa shape index (κ2) is 2.90. The quantitative estimate of drug-likeness (QED) is 0.567. The van der Waals surface area contributed by atoms with Gasteiger partial charge in [0.25, 0.3) is 0 Å². The normalized spacial score (nSPS) is 48.0. The van der Waals surface area contributed by atoms with Gasteiger partial charge in [-0.25, -0.2) is 0 Å². The van der Waals surface area contributed by atoms with E-state index in [1.165, 1.54) is 0 Å². The van der Waals surface area contributed by atoms with E-state index in [1.54, 1.807) is 13.8 Å². The molecule has 2 aliphatic heterocycles. The van der Waals surface area contributed by atoms with Gasteiger partial charge in [0, 0.05) is 0 Å². The monoisotopic (exact) mass is 190 g/mol. The number of aliphatic hydroxyl groups excluding tert-OH is 2. The van der Waals surface area contributed by atoms with E-state index in [4.69, 9.17) is 19.3 Å². The van der Waals surface area contributed by atoms with Crippen molar-refractivity contribution in [3.05, 3.63) is 0 Å². The Morgan fingerprint density at radius 1 is 1.23 bits per heavy atom. The van der Waals surface area contributed by atoms with Crippen LogP contribution in [0.25, 0.3) is 0 Å². The number of aliphatic hydroxyl groups is 2. The summed E-state index contributed by atoms with van der Waals surface area (Å²) in [6, 6.07) is 0. The Balaban J connectivity index is 2.12. The Kier molecular flexibility index (Phi) is 2.08. The summed E-state index contributed by atoms with van der Waals surface area (Å²) in [7, 11) is 0. The molecular formula is C8H14O5. The van der Waals surface area contributed by atoms with Crippen molar-refractivity contribution in [3.8, 4) is 0 Å². The van der Waals surface area contributed by atoms with Crippen LogP contribution in [0.1, 0.15) is 13.8 Å². The van der Waals surface area contributed by atoms with Crippen molar-refractivity contribution in [1.82, 2.24) is 0 Å². The average Bonchev–Trinajstić information content (AvgIpc) is 2.47. The Hall–Kier alpha value is -0.200. The van der Waals surface area contributed by atoms with Gasteiger partial charge in [-0.3, -0.25) is 0 Å². The van der Waals surface area contributed by atoms with Crippen molar-refractivity contribution in [2.24, 2.45) is 0 Å². The summed E-state index contributed by atoms with van der Waals surface area (Å²) in [6.07, 6.45) is -2.33. The highest BCUT2D eigenvalue weighted by Crippen LogP contribution is 2.37. The number of rotatable bonds is 1. The van der Waals surface area contributed by atoms with Gasteiger partial charge < -0.3 is 24.4 Å². The molecule has 0 saturated carbocycles. The summed E-state index contributed by atoms with van der Waals surface area (Å²) < 4.78 is 15.9. The second-order valence-electron chi connectivity index (χ2n) is 3.81. The van der Waals surface area contributed by atoms with Crippen LogP contribution in [0.3, 0.4) is 0 Å². The highest BCUT2D eigenvalue weighted by molar-refractivity contribution is 4.94. The number of fused-ring (bicyclic) bond motifs is 1. The maximum atomic E-state index is 9.39. The molecule has 2 heterocycles. The van der Waals surface area contributed by atoms with Gasteiger partial charge in [-0.1, -0.05) is 0 Å². The second-order valence-corrected chi connectivity index (χ2v) is 3.81. The minimum absolute atomic E-state index is 0.169. The van der Waals surface area contributed by atoms with Crippen LogP contribution < -0.4 is 0 Å². The molecule has 2 rings (SSSR count). The predicted octanol–water partition coefficient (Wildman–Crippen LogP) is -0.784. The first-order valence-electron chi connectivity index (χ1n) is 4.33. The van der Waals surface area contributed by atoms with Gasteiger partial charge in [-0.15, -0.1) is 0 Å². The third kappa shape index (κ3) is 1.47. The van der Waals surface area contributed by atoms with Crippen LogP contribution in [0.5, 0.6) is 0 Å². The van der Waals surface area contributed by atoms with E-state index in [0.29, 0.717) is 0 Å². The molecule has 2 fully saturated rings. The van der Waals surface area contributed by atoms with Crippen molar-refractivity contribution < 1.29 is 24.4 Å². The van der Waals surface area contributed by atoms with E-state index in [9.17, 15) is 5.11 Å². The summed E-state index contributed by atoms with van der Waals surface area (Å²) in [4.78, 5) is 0. The van der Waals surface area contributed by atoms with E-state index >= 15 is 0 Å². The van der Waals surface area contributed by atoms with Crippen molar-refractivity contribution >= 4 is 0 Å². The SMILES string of the molecule is CC1(C)OC2C(CO)O[C@@H](O)C2O1. The molecule has 5 heteroatoms. The molecule has 0 aromatic rings. The van der Waals surface area contributed by atoms with Crippen LogP contribution in [0, 0.1) is 0 Å². The molecule has 0 spiro atoms. The molecule has 3 unspecified atom stereocenters. The number of hydrogen-bond donors (Lipinski definition) is 2. The summed E-state index contributed by atoms with van der Waals surface area (Å²) >= 11 is 0. The van der Waals surface area contributed by atoms with Gasteiger partial charge >= 0.3 is 0 Å². The first-order valence-corrected chi connectivity index (χ1v) is 4.33. The number of ether oxygens (including phenoxy) is 3. The van der Waals surface area contributed by atoms with Crippen LogP contribution in [0.2, 0.25) is 0 Å². The van der Waals surface area contributed by atoms with Crippen LogP contribution in [-0.4, -0.2) is 47.2 Å². The summed E-state index contributed by atoms with van der Waals surface area (Å²) in [5.41, 5.74) is 0. The molecule has 13 heavy (non-hydrogen) atoms. The minimum Gasteiger partial charge on any atom is -0.394 e. The fourth-order valence-corrected chi connectivity index (χ4v) is 1.81. The van der Waals surface area contributed by atoms with E-state index in [2.05, 4.69) is 0 Å². The van der Waals surface area contributed by atoms with Crippen molar-refractivity contribution in [1.29, 1.82) is 0 Å². The molecule has 76 valence electrons. The van der Waals surface area contributed by atoms with Crippen LogP contribution in [0.15, 0.2) is 0 Å². The average molecular weight is 190 g/mol. The topological polar surface area (TPSA) is 68.2 Å². The van der Waals surface area contributed by atoms with Crippen molar-refractivity contribution in [2.45, 2.75) is 44.2 Å². The maximum Gasteiger partial charge on any atom is 0.184 e.